The molecule has 0 unspecified atom stereocenters. The molecule has 0 amide bonds. The Morgan fingerprint density at radius 2 is 1.19 bits per heavy atom. The summed E-state index contributed by atoms with van der Waals surface area (Å²) in [5.74, 6) is 1.63. The van der Waals surface area contributed by atoms with Crippen LogP contribution in [0.4, 0.5) is 0 Å². The predicted molar refractivity (Wildman–Crippen MR) is 145 cm³/mol. The highest BCUT2D eigenvalue weighted by Gasteiger charge is 2.18. The summed E-state index contributed by atoms with van der Waals surface area (Å²) >= 11 is 0. The molecule has 0 aromatic rings. The van der Waals surface area contributed by atoms with Crippen molar-refractivity contribution in [1.29, 1.82) is 0 Å². The monoisotopic (exact) mass is 498 g/mol. The van der Waals surface area contributed by atoms with Gasteiger partial charge in [0.05, 0.1) is 5.76 Å². The lowest BCUT2D eigenvalue weighted by atomic mass is 9.89. The van der Waals surface area contributed by atoms with Crippen LogP contribution in [-0.4, -0.2) is 18.5 Å². The Bertz CT molecular complexity index is 1240. The third-order valence-electron chi connectivity index (χ3n) is 6.81. The highest BCUT2D eigenvalue weighted by atomic mass is 16.5. The van der Waals surface area contributed by atoms with Crippen LogP contribution in [0.1, 0.15) is 58.3 Å². The Morgan fingerprint density at radius 1 is 0.703 bits per heavy atom. The number of hydrogen-bond acceptors (Lipinski definition) is 5. The molecule has 0 radical (unpaired) electrons. The van der Waals surface area contributed by atoms with Gasteiger partial charge in [-0.3, -0.25) is 0 Å². The van der Waals surface area contributed by atoms with E-state index in [-0.39, 0.29) is 5.97 Å². The molecule has 0 atom stereocenters. The molecule has 37 heavy (non-hydrogen) atoms. The minimum atomic E-state index is -0.409. The summed E-state index contributed by atoms with van der Waals surface area (Å²) in [6.45, 7) is 9.33. The predicted octanol–water partition coefficient (Wildman–Crippen LogP) is 7.31. The van der Waals surface area contributed by atoms with E-state index in [0.717, 1.165) is 57.1 Å². The highest BCUT2D eigenvalue weighted by molar-refractivity contribution is 5.87. The molecule has 4 aliphatic carbocycles. The van der Waals surface area contributed by atoms with E-state index in [1.807, 2.05) is 12.2 Å². The molecule has 0 heterocycles. The van der Waals surface area contributed by atoms with Gasteiger partial charge >= 0.3 is 11.9 Å². The van der Waals surface area contributed by atoms with Gasteiger partial charge in [-0.15, -0.1) is 0 Å². The van der Waals surface area contributed by atoms with Gasteiger partial charge in [-0.1, -0.05) is 43.5 Å². The normalized spacial score (nSPS) is 19.4. The summed E-state index contributed by atoms with van der Waals surface area (Å²) in [5, 5.41) is 0. The van der Waals surface area contributed by atoms with Gasteiger partial charge in [0.2, 0.25) is 0 Å². The minimum Gasteiger partial charge on any atom is -0.494 e. The van der Waals surface area contributed by atoms with Crippen molar-refractivity contribution < 1.29 is 23.8 Å². The lowest BCUT2D eigenvalue weighted by Crippen LogP contribution is -2.08. The summed E-state index contributed by atoms with van der Waals surface area (Å²) in [6, 6.07) is 0. The molecule has 0 saturated carbocycles. The first kappa shape index (κ1) is 26.2. The minimum absolute atomic E-state index is 0.366. The largest absolute Gasteiger partial charge is 0.494 e. The van der Waals surface area contributed by atoms with E-state index in [9.17, 15) is 9.59 Å². The Kier molecular flexibility index (Phi) is 8.78. The number of carbonyl (C=O) groups is 2. The number of esters is 2. The first-order valence-corrected chi connectivity index (χ1v) is 12.8. The van der Waals surface area contributed by atoms with E-state index in [1.165, 1.54) is 33.9 Å². The van der Waals surface area contributed by atoms with Crippen molar-refractivity contribution in [2.24, 2.45) is 0 Å². The molecule has 0 saturated heterocycles. The van der Waals surface area contributed by atoms with Crippen LogP contribution in [0.2, 0.25) is 0 Å². The standard InChI is InChI=1S/C32H34O5/c1-4-31(33)36-29-17-11-26(12-18-29)24-7-5-23(6-8-24)21-35-28-15-9-25(10-16-28)27-13-19-30(20-14-27)37-32(34)22(2)3/h4-5,7,9,11,13,15,17,19H,1-2,6,8,10,12,14,16,18,20-21H2,3H3. The molecule has 192 valence electrons. The van der Waals surface area contributed by atoms with Gasteiger partial charge in [0, 0.05) is 30.9 Å². The average molecular weight is 499 g/mol. The van der Waals surface area contributed by atoms with Crippen molar-refractivity contribution in [3.05, 3.63) is 119 Å². The highest BCUT2D eigenvalue weighted by Crippen LogP contribution is 2.33. The second-order valence-electron chi connectivity index (χ2n) is 9.58. The van der Waals surface area contributed by atoms with Crippen molar-refractivity contribution in [2.75, 3.05) is 6.61 Å². The fourth-order valence-electron chi connectivity index (χ4n) is 4.58. The van der Waals surface area contributed by atoms with Crippen molar-refractivity contribution in [3.63, 3.8) is 0 Å². The zero-order valence-electron chi connectivity index (χ0n) is 21.5. The van der Waals surface area contributed by atoms with Crippen LogP contribution >= 0.6 is 0 Å². The van der Waals surface area contributed by atoms with Gasteiger partial charge < -0.3 is 14.2 Å². The number of ether oxygens (including phenoxy) is 3. The summed E-state index contributed by atoms with van der Waals surface area (Å²) in [6.07, 6.45) is 24.7. The molecular weight excluding hydrogens is 464 g/mol. The van der Waals surface area contributed by atoms with Crippen LogP contribution in [0.25, 0.3) is 0 Å². The number of carbonyl (C=O) groups excluding carboxylic acids is 2. The Labute approximate surface area is 219 Å². The number of rotatable bonds is 9. The third-order valence-corrected chi connectivity index (χ3v) is 6.81. The van der Waals surface area contributed by atoms with Gasteiger partial charge in [0.25, 0.3) is 0 Å². The van der Waals surface area contributed by atoms with E-state index in [4.69, 9.17) is 14.2 Å². The van der Waals surface area contributed by atoms with Gasteiger partial charge in [-0.2, -0.15) is 0 Å². The smallest absolute Gasteiger partial charge is 0.338 e. The fourth-order valence-corrected chi connectivity index (χ4v) is 4.58. The van der Waals surface area contributed by atoms with Gasteiger partial charge in [0.15, 0.2) is 0 Å². The third kappa shape index (κ3) is 7.32. The second-order valence-corrected chi connectivity index (χ2v) is 9.58. The lowest BCUT2D eigenvalue weighted by Gasteiger charge is -2.22. The van der Waals surface area contributed by atoms with Crippen LogP contribution in [0, 0.1) is 0 Å². The number of hydrogen-bond donors (Lipinski definition) is 0. The summed E-state index contributed by atoms with van der Waals surface area (Å²) in [4.78, 5) is 23.1. The molecule has 0 aromatic heterocycles. The van der Waals surface area contributed by atoms with E-state index in [0.29, 0.717) is 23.7 Å². The molecule has 4 aliphatic rings. The molecule has 0 aliphatic heterocycles. The maximum absolute atomic E-state index is 11.7. The Hall–Kier alpha value is -3.86. The van der Waals surface area contributed by atoms with Crippen molar-refractivity contribution >= 4 is 11.9 Å². The fraction of sp³-hybridized carbons (Fsp3) is 0.312. The zero-order chi connectivity index (χ0) is 26.2. The topological polar surface area (TPSA) is 61.8 Å². The molecule has 0 N–H and O–H groups in total. The Balaban J connectivity index is 1.28. The van der Waals surface area contributed by atoms with Crippen LogP contribution in [0.5, 0.6) is 0 Å². The number of allylic oxidation sites excluding steroid dienone is 15. The molecule has 5 heteroatoms. The summed E-state index contributed by atoms with van der Waals surface area (Å²) < 4.78 is 16.7. The van der Waals surface area contributed by atoms with Crippen molar-refractivity contribution in [3.8, 4) is 0 Å². The van der Waals surface area contributed by atoms with Gasteiger partial charge in [-0.25, -0.2) is 9.59 Å². The van der Waals surface area contributed by atoms with Crippen LogP contribution in [0.15, 0.2) is 119 Å². The molecule has 0 spiro atoms. The summed E-state index contributed by atoms with van der Waals surface area (Å²) in [5.41, 5.74) is 6.95. The quantitative estimate of drug-likeness (QED) is 0.246. The first-order chi connectivity index (χ1) is 17.9. The molecule has 0 bridgehead atoms. The molecule has 5 nitrogen and oxygen atoms in total. The maximum Gasteiger partial charge on any atom is 0.338 e. The first-order valence-electron chi connectivity index (χ1n) is 12.8. The lowest BCUT2D eigenvalue weighted by molar-refractivity contribution is -0.135. The maximum atomic E-state index is 11.7. The molecule has 0 aromatic carbocycles. The van der Waals surface area contributed by atoms with E-state index in [2.05, 4.69) is 49.6 Å². The SMILES string of the molecule is C=CC(=O)OC1=CC=C(C2=CC=C(COC3=CC=C(C4=CC=C(OC(=O)C(=C)C)CC4)CC3)CC2)CC1. The van der Waals surface area contributed by atoms with Crippen molar-refractivity contribution in [2.45, 2.75) is 58.3 Å². The molecular formula is C32H34O5. The van der Waals surface area contributed by atoms with Crippen LogP contribution in [0.3, 0.4) is 0 Å². The second kappa shape index (κ2) is 12.4. The van der Waals surface area contributed by atoms with Crippen LogP contribution < -0.4 is 0 Å². The molecule has 0 fully saturated rings. The summed E-state index contributed by atoms with van der Waals surface area (Å²) in [7, 11) is 0. The van der Waals surface area contributed by atoms with E-state index in [1.54, 1.807) is 6.92 Å². The zero-order valence-corrected chi connectivity index (χ0v) is 21.5. The Morgan fingerprint density at radius 3 is 1.62 bits per heavy atom. The van der Waals surface area contributed by atoms with E-state index < -0.39 is 5.97 Å². The van der Waals surface area contributed by atoms with Crippen LogP contribution in [-0.2, 0) is 23.8 Å². The average Bonchev–Trinajstić information content (AvgIpc) is 2.93. The van der Waals surface area contributed by atoms with E-state index >= 15 is 0 Å². The van der Waals surface area contributed by atoms with Crippen molar-refractivity contribution in [1.82, 2.24) is 0 Å². The van der Waals surface area contributed by atoms with Gasteiger partial charge in [-0.05, 0) is 85.1 Å². The van der Waals surface area contributed by atoms with Gasteiger partial charge in [0.1, 0.15) is 18.1 Å². The molecule has 4 rings (SSSR count).